The molecule has 2 aromatic rings. The number of hydrogen-bond donors (Lipinski definition) is 0. The second-order valence-electron chi connectivity index (χ2n) is 8.50. The van der Waals surface area contributed by atoms with E-state index in [2.05, 4.69) is 62.4 Å². The minimum absolute atomic E-state index is 0.0597. The van der Waals surface area contributed by atoms with E-state index < -0.39 is 6.04 Å². The van der Waals surface area contributed by atoms with Crippen molar-refractivity contribution in [3.05, 3.63) is 60.7 Å². The largest absolute Gasteiger partial charge is 0.477 e. The van der Waals surface area contributed by atoms with Crippen molar-refractivity contribution in [3.8, 4) is 0 Å². The van der Waals surface area contributed by atoms with Gasteiger partial charge in [0.1, 0.15) is 12.6 Å². The summed E-state index contributed by atoms with van der Waals surface area (Å²) in [5, 5.41) is 2.41. The molecule has 158 valence electrons. The number of nitrogens with zero attached hydrogens (tertiary/aromatic N) is 2. The zero-order valence-corrected chi connectivity index (χ0v) is 19.5. The lowest BCUT2D eigenvalue weighted by Gasteiger charge is -2.29. The van der Waals surface area contributed by atoms with Crippen LogP contribution >= 0.6 is 6.04 Å². The minimum atomic E-state index is -2.13. The van der Waals surface area contributed by atoms with Crippen molar-refractivity contribution in [2.75, 3.05) is 13.2 Å². The average Bonchev–Trinajstić information content (AvgIpc) is 3.42. The highest BCUT2D eigenvalue weighted by atomic mass is 32.4. The summed E-state index contributed by atoms with van der Waals surface area (Å²) < 4.78 is 6.00. The number of ether oxygens (including phenoxy) is 1. The first kappa shape index (κ1) is 21.3. The molecule has 2 heterocycles. The molecule has 6 heteroatoms. The molecule has 2 aliphatic heterocycles. The van der Waals surface area contributed by atoms with E-state index in [9.17, 15) is 4.79 Å². The van der Waals surface area contributed by atoms with Gasteiger partial charge in [0.25, 0.3) is 0 Å². The fourth-order valence-electron chi connectivity index (χ4n) is 4.46. The Kier molecular flexibility index (Phi) is 6.13. The molecule has 0 spiro atoms. The summed E-state index contributed by atoms with van der Waals surface area (Å²) in [6.07, 6.45) is 0.796. The van der Waals surface area contributed by atoms with Crippen LogP contribution in [0.4, 0.5) is 0 Å². The number of benzene rings is 2. The average molecular weight is 441 g/mol. The molecule has 2 aliphatic rings. The fraction of sp³-hybridized carbons (Fsp3) is 0.417. The first-order chi connectivity index (χ1) is 14.4. The fourth-order valence-corrected chi connectivity index (χ4v) is 8.92. The third-order valence-electron chi connectivity index (χ3n) is 6.23. The molecule has 30 heavy (non-hydrogen) atoms. The van der Waals surface area contributed by atoms with Crippen LogP contribution < -0.4 is 10.6 Å². The van der Waals surface area contributed by atoms with E-state index in [0.29, 0.717) is 25.0 Å². The number of amides is 1. The molecule has 0 bridgehead atoms. The molecule has 4 nitrogen and oxygen atoms in total. The quantitative estimate of drug-likeness (QED) is 0.668. The van der Waals surface area contributed by atoms with Gasteiger partial charge in [-0.2, -0.15) is 0 Å². The minimum Gasteiger partial charge on any atom is -0.477 e. The van der Waals surface area contributed by atoms with Crippen molar-refractivity contribution >= 4 is 40.3 Å². The van der Waals surface area contributed by atoms with E-state index in [0.717, 1.165) is 6.42 Å². The summed E-state index contributed by atoms with van der Waals surface area (Å²) in [6, 6.07) is 18.8. The molecule has 1 amide bonds. The Morgan fingerprint density at radius 1 is 1.10 bits per heavy atom. The number of aliphatic imine (C=N–C) groups is 1. The van der Waals surface area contributed by atoms with Crippen LogP contribution in [0.5, 0.6) is 0 Å². The van der Waals surface area contributed by atoms with E-state index in [1.54, 1.807) is 6.92 Å². The summed E-state index contributed by atoms with van der Waals surface area (Å²) in [5.41, 5.74) is 0.190. The Balaban J connectivity index is 1.73. The maximum absolute atomic E-state index is 12.6. The molecular weight excluding hydrogens is 411 g/mol. The van der Waals surface area contributed by atoms with Crippen molar-refractivity contribution in [1.29, 1.82) is 0 Å². The zero-order valence-electron chi connectivity index (χ0n) is 17.8. The van der Waals surface area contributed by atoms with Gasteiger partial charge < -0.3 is 9.64 Å². The van der Waals surface area contributed by atoms with Crippen molar-refractivity contribution in [1.82, 2.24) is 4.90 Å². The molecule has 3 atom stereocenters. The molecule has 0 aliphatic carbocycles. The number of rotatable bonds is 5. The molecule has 4 rings (SSSR count). The Hall–Kier alpha value is -1.97. The predicted octanol–water partition coefficient (Wildman–Crippen LogP) is 3.56. The van der Waals surface area contributed by atoms with Crippen LogP contribution in [0.15, 0.2) is 65.7 Å². The maximum atomic E-state index is 12.6. The molecule has 0 unspecified atom stereocenters. The van der Waals surface area contributed by atoms with Crippen LogP contribution in [0.2, 0.25) is 0 Å². The molecule has 1 saturated heterocycles. The molecule has 2 aromatic carbocycles. The van der Waals surface area contributed by atoms with Gasteiger partial charge in [0.05, 0.1) is 6.04 Å². The van der Waals surface area contributed by atoms with Gasteiger partial charge in [0.2, 0.25) is 11.8 Å². The third kappa shape index (κ3) is 3.86. The molecule has 1 fully saturated rings. The number of carbonyl (C=O) groups is 1. The summed E-state index contributed by atoms with van der Waals surface area (Å²) >= 11 is 6.52. The number of hydrogen-bond acceptors (Lipinski definition) is 4. The topological polar surface area (TPSA) is 41.9 Å². The Bertz CT molecular complexity index is 934. The predicted molar refractivity (Wildman–Crippen MR) is 128 cm³/mol. The van der Waals surface area contributed by atoms with Crippen molar-refractivity contribution in [2.45, 2.75) is 44.9 Å². The lowest BCUT2D eigenvalue weighted by molar-refractivity contribution is -0.128. The van der Waals surface area contributed by atoms with Gasteiger partial charge in [0.15, 0.2) is 0 Å². The van der Waals surface area contributed by atoms with Crippen molar-refractivity contribution < 1.29 is 9.53 Å². The second kappa shape index (κ2) is 8.64. The molecule has 0 aromatic heterocycles. The van der Waals surface area contributed by atoms with Gasteiger partial charge >= 0.3 is 0 Å². The lowest BCUT2D eigenvalue weighted by atomic mass is 10.1. The highest BCUT2D eigenvalue weighted by molar-refractivity contribution is 8.22. The Labute approximate surface area is 184 Å². The van der Waals surface area contributed by atoms with E-state index in [1.807, 2.05) is 17.0 Å². The summed E-state index contributed by atoms with van der Waals surface area (Å²) in [6.45, 7) is 7.21. The smallest absolute Gasteiger partial charge is 0.220 e. The normalized spacial score (nSPS) is 24.1. The van der Waals surface area contributed by atoms with Gasteiger partial charge in [-0.25, -0.2) is 4.99 Å². The highest BCUT2D eigenvalue weighted by Crippen LogP contribution is 2.53. The summed E-state index contributed by atoms with van der Waals surface area (Å²) in [5.74, 6) is 1.20. The van der Waals surface area contributed by atoms with Crippen LogP contribution in [0.25, 0.3) is 0 Å². The molecule has 0 N–H and O–H groups in total. The van der Waals surface area contributed by atoms with Gasteiger partial charge in [-0.15, -0.1) is 0 Å². The highest BCUT2D eigenvalue weighted by Gasteiger charge is 2.46. The number of carbonyl (C=O) groups excluding carboxylic acids is 1. The third-order valence-corrected chi connectivity index (χ3v) is 11.9. The Morgan fingerprint density at radius 3 is 2.13 bits per heavy atom. The number of likely N-dealkylation sites (tertiary alicyclic amines) is 1. The van der Waals surface area contributed by atoms with Crippen LogP contribution in [-0.2, 0) is 21.3 Å². The molecule has 0 radical (unpaired) electrons. The molecule has 0 saturated carbocycles. The maximum Gasteiger partial charge on any atom is 0.220 e. The summed E-state index contributed by atoms with van der Waals surface area (Å²) in [7, 11) is 0. The molecular formula is C24H29N2O2PS. The van der Waals surface area contributed by atoms with Crippen LogP contribution in [0, 0.1) is 5.92 Å². The van der Waals surface area contributed by atoms with Gasteiger partial charge in [-0.1, -0.05) is 86.3 Å². The van der Waals surface area contributed by atoms with Gasteiger partial charge in [0, 0.05) is 25.2 Å². The monoisotopic (exact) mass is 440 g/mol. The lowest BCUT2D eigenvalue weighted by Crippen LogP contribution is -2.39. The first-order valence-corrected chi connectivity index (χ1v) is 13.5. The van der Waals surface area contributed by atoms with E-state index in [-0.39, 0.29) is 23.6 Å². The van der Waals surface area contributed by atoms with Crippen LogP contribution in [0.1, 0.15) is 27.2 Å². The van der Waals surface area contributed by atoms with E-state index in [4.69, 9.17) is 21.5 Å². The van der Waals surface area contributed by atoms with E-state index >= 15 is 0 Å². The van der Waals surface area contributed by atoms with E-state index in [1.165, 1.54) is 10.6 Å². The van der Waals surface area contributed by atoms with Crippen molar-refractivity contribution in [2.24, 2.45) is 10.9 Å². The first-order valence-electron chi connectivity index (χ1n) is 10.6. The van der Waals surface area contributed by atoms with Crippen molar-refractivity contribution in [3.63, 3.8) is 0 Å². The Morgan fingerprint density at radius 2 is 1.67 bits per heavy atom. The SMILES string of the molecule is CC(=O)N1C[C@@H](P(=S)(c2ccccc2)c2ccccc2)C[C@H]1C1=N[C@@H](C(C)C)CO1. The zero-order chi connectivity index (χ0) is 21.3. The van der Waals surface area contributed by atoms with Crippen LogP contribution in [0.3, 0.4) is 0 Å². The van der Waals surface area contributed by atoms with Gasteiger partial charge in [-0.05, 0) is 22.9 Å². The standard InChI is InChI=1S/C24H29N2O2PS/c1-17(2)22-16-28-24(25-22)23-14-21(15-26(23)18(3)27)29(30,19-10-6-4-7-11-19)20-12-8-5-9-13-20/h4-13,17,21-23H,14-16H2,1-3H3/t21-,22+,23-/m0/s1. The summed E-state index contributed by atoms with van der Waals surface area (Å²) in [4.78, 5) is 19.3. The van der Waals surface area contributed by atoms with Crippen LogP contribution in [-0.4, -0.2) is 47.6 Å². The second-order valence-corrected chi connectivity index (χ2v) is 13.3. The van der Waals surface area contributed by atoms with Gasteiger partial charge in [-0.3, -0.25) is 4.79 Å².